The topological polar surface area (TPSA) is 87.7 Å². The number of ether oxygens (including phenoxy) is 1. The van der Waals surface area contributed by atoms with Crippen molar-refractivity contribution in [2.45, 2.75) is 33.3 Å². The van der Waals surface area contributed by atoms with Crippen LogP contribution in [0.1, 0.15) is 27.2 Å². The van der Waals surface area contributed by atoms with Crippen LogP contribution >= 0.6 is 0 Å². The number of carbonyl (C=O) groups is 3. The standard InChI is InChI=1S/C22H25N3O4/c1-14(2)11-20(26)24-17-9-10-19-18(12-17)25(22(28)15(3)29-19)13-21(27)23-16-7-5-4-6-8-16/h4-10,12,14-15H,11,13H2,1-3H3,(H,23,27)(H,24,26). The average Bonchev–Trinajstić information content (AvgIpc) is 2.66. The maximum absolute atomic E-state index is 12.7. The Morgan fingerprint density at radius 1 is 1.03 bits per heavy atom. The lowest BCUT2D eigenvalue weighted by atomic mass is 10.1. The van der Waals surface area contributed by atoms with Crippen molar-refractivity contribution in [3.05, 3.63) is 48.5 Å². The zero-order chi connectivity index (χ0) is 21.0. The van der Waals surface area contributed by atoms with Crippen LogP contribution in [-0.2, 0) is 14.4 Å². The third-order valence-corrected chi connectivity index (χ3v) is 4.40. The van der Waals surface area contributed by atoms with E-state index < -0.39 is 6.10 Å². The van der Waals surface area contributed by atoms with Crippen molar-refractivity contribution in [1.29, 1.82) is 0 Å². The number of nitrogens with one attached hydrogen (secondary N) is 2. The van der Waals surface area contributed by atoms with Crippen LogP contribution in [0.25, 0.3) is 0 Å². The minimum absolute atomic E-state index is 0.107. The molecule has 2 aromatic carbocycles. The molecule has 29 heavy (non-hydrogen) atoms. The van der Waals surface area contributed by atoms with Crippen LogP contribution in [0, 0.1) is 5.92 Å². The summed E-state index contributed by atoms with van der Waals surface area (Å²) in [5.74, 6) is -0.0157. The molecule has 1 aliphatic rings. The van der Waals surface area contributed by atoms with Gasteiger partial charge in [-0.15, -0.1) is 0 Å². The highest BCUT2D eigenvalue weighted by molar-refractivity contribution is 6.06. The van der Waals surface area contributed by atoms with Gasteiger partial charge in [-0.25, -0.2) is 0 Å². The van der Waals surface area contributed by atoms with Gasteiger partial charge in [-0.05, 0) is 43.2 Å². The molecule has 0 aromatic heterocycles. The van der Waals surface area contributed by atoms with Crippen molar-refractivity contribution in [3.63, 3.8) is 0 Å². The fraction of sp³-hybridized carbons (Fsp3) is 0.318. The van der Waals surface area contributed by atoms with Gasteiger partial charge in [-0.1, -0.05) is 32.0 Å². The Bertz CT molecular complexity index is 912. The Balaban J connectivity index is 1.80. The molecule has 152 valence electrons. The highest BCUT2D eigenvalue weighted by Gasteiger charge is 2.33. The van der Waals surface area contributed by atoms with Crippen molar-refractivity contribution < 1.29 is 19.1 Å². The van der Waals surface area contributed by atoms with Crippen LogP contribution in [0.5, 0.6) is 5.75 Å². The first-order valence-corrected chi connectivity index (χ1v) is 9.60. The minimum atomic E-state index is -0.701. The van der Waals surface area contributed by atoms with E-state index in [1.54, 1.807) is 37.3 Å². The maximum atomic E-state index is 12.7. The first-order valence-electron chi connectivity index (χ1n) is 9.60. The van der Waals surface area contributed by atoms with Crippen molar-refractivity contribution in [2.75, 3.05) is 22.1 Å². The van der Waals surface area contributed by atoms with Gasteiger partial charge in [0.05, 0.1) is 5.69 Å². The highest BCUT2D eigenvalue weighted by Crippen LogP contribution is 2.36. The number of amides is 3. The maximum Gasteiger partial charge on any atom is 0.268 e. The Morgan fingerprint density at radius 3 is 2.41 bits per heavy atom. The highest BCUT2D eigenvalue weighted by atomic mass is 16.5. The second kappa shape index (κ2) is 8.77. The van der Waals surface area contributed by atoms with Crippen LogP contribution < -0.4 is 20.3 Å². The summed E-state index contributed by atoms with van der Waals surface area (Å²) in [7, 11) is 0. The Morgan fingerprint density at radius 2 is 1.72 bits per heavy atom. The van der Waals surface area contributed by atoms with Crippen molar-refractivity contribution in [3.8, 4) is 5.75 Å². The van der Waals surface area contributed by atoms with Gasteiger partial charge in [-0.3, -0.25) is 19.3 Å². The van der Waals surface area contributed by atoms with E-state index >= 15 is 0 Å². The molecule has 7 heteroatoms. The van der Waals surface area contributed by atoms with E-state index in [9.17, 15) is 14.4 Å². The molecule has 3 amide bonds. The van der Waals surface area contributed by atoms with E-state index in [2.05, 4.69) is 10.6 Å². The average molecular weight is 395 g/mol. The molecule has 0 radical (unpaired) electrons. The lowest BCUT2D eigenvalue weighted by Gasteiger charge is -2.33. The fourth-order valence-electron chi connectivity index (χ4n) is 3.10. The molecule has 0 aliphatic carbocycles. The van der Waals surface area contributed by atoms with E-state index in [4.69, 9.17) is 4.74 Å². The fourth-order valence-corrected chi connectivity index (χ4v) is 3.10. The molecule has 1 atom stereocenters. The number of fused-ring (bicyclic) bond motifs is 1. The molecule has 0 spiro atoms. The zero-order valence-corrected chi connectivity index (χ0v) is 16.8. The van der Waals surface area contributed by atoms with Crippen LogP contribution in [0.15, 0.2) is 48.5 Å². The molecule has 7 nitrogen and oxygen atoms in total. The summed E-state index contributed by atoms with van der Waals surface area (Å²) in [5.41, 5.74) is 1.66. The summed E-state index contributed by atoms with van der Waals surface area (Å²) in [6.07, 6.45) is -0.305. The predicted octanol–water partition coefficient (Wildman–Crippen LogP) is 3.42. The molecule has 1 aliphatic heterocycles. The van der Waals surface area contributed by atoms with E-state index in [1.807, 2.05) is 32.0 Å². The van der Waals surface area contributed by atoms with E-state index in [1.165, 1.54) is 4.90 Å². The molecular formula is C22H25N3O4. The molecule has 0 fully saturated rings. The first kappa shape index (κ1) is 20.4. The SMILES string of the molecule is CC(C)CC(=O)Nc1ccc2c(c1)N(CC(=O)Nc1ccccc1)C(=O)C(C)O2. The normalized spacial score (nSPS) is 15.5. The summed E-state index contributed by atoms with van der Waals surface area (Å²) >= 11 is 0. The molecular weight excluding hydrogens is 370 g/mol. The number of benzene rings is 2. The molecule has 2 aromatic rings. The van der Waals surface area contributed by atoms with E-state index in [0.717, 1.165) is 0 Å². The zero-order valence-electron chi connectivity index (χ0n) is 16.8. The van der Waals surface area contributed by atoms with Gasteiger partial charge >= 0.3 is 0 Å². The number of hydrogen-bond acceptors (Lipinski definition) is 4. The molecule has 2 N–H and O–H groups in total. The van der Waals surface area contributed by atoms with Crippen LogP contribution in [0.2, 0.25) is 0 Å². The molecule has 3 rings (SSSR count). The predicted molar refractivity (Wildman–Crippen MR) is 112 cm³/mol. The quantitative estimate of drug-likeness (QED) is 0.784. The van der Waals surface area contributed by atoms with Crippen molar-refractivity contribution >= 4 is 34.8 Å². The number of para-hydroxylation sites is 1. The lowest BCUT2D eigenvalue weighted by molar-refractivity contribution is -0.127. The van der Waals surface area contributed by atoms with Gasteiger partial charge in [0.15, 0.2) is 6.10 Å². The first-order chi connectivity index (χ1) is 13.8. The Labute approximate surface area is 170 Å². The van der Waals surface area contributed by atoms with Crippen LogP contribution in [0.4, 0.5) is 17.1 Å². The van der Waals surface area contributed by atoms with Crippen molar-refractivity contribution in [1.82, 2.24) is 0 Å². The Hall–Kier alpha value is -3.35. The summed E-state index contributed by atoms with van der Waals surface area (Å²) in [5, 5.41) is 5.61. The third-order valence-electron chi connectivity index (χ3n) is 4.40. The van der Waals surface area contributed by atoms with E-state index in [0.29, 0.717) is 29.2 Å². The second-order valence-electron chi connectivity index (χ2n) is 7.43. The van der Waals surface area contributed by atoms with Crippen molar-refractivity contribution in [2.24, 2.45) is 5.92 Å². The molecule has 1 heterocycles. The van der Waals surface area contributed by atoms with Gasteiger partial charge in [0, 0.05) is 17.8 Å². The number of nitrogens with zero attached hydrogens (tertiary/aromatic N) is 1. The van der Waals surface area contributed by atoms with Gasteiger partial charge in [0.25, 0.3) is 5.91 Å². The summed E-state index contributed by atoms with van der Waals surface area (Å²) in [6, 6.07) is 14.1. The third kappa shape index (κ3) is 5.13. The van der Waals surface area contributed by atoms with Gasteiger partial charge in [0.2, 0.25) is 11.8 Å². The minimum Gasteiger partial charge on any atom is -0.479 e. The van der Waals surface area contributed by atoms with Crippen LogP contribution in [-0.4, -0.2) is 30.4 Å². The summed E-state index contributed by atoms with van der Waals surface area (Å²) < 4.78 is 5.66. The largest absolute Gasteiger partial charge is 0.479 e. The lowest BCUT2D eigenvalue weighted by Crippen LogP contribution is -2.47. The number of rotatable bonds is 6. The molecule has 1 unspecified atom stereocenters. The number of carbonyl (C=O) groups excluding carboxylic acids is 3. The van der Waals surface area contributed by atoms with E-state index in [-0.39, 0.29) is 30.2 Å². The van der Waals surface area contributed by atoms with Crippen LogP contribution in [0.3, 0.4) is 0 Å². The van der Waals surface area contributed by atoms with Gasteiger partial charge < -0.3 is 15.4 Å². The molecule has 0 bridgehead atoms. The Kier molecular flexibility index (Phi) is 6.16. The van der Waals surface area contributed by atoms with Gasteiger partial charge in [-0.2, -0.15) is 0 Å². The number of hydrogen-bond donors (Lipinski definition) is 2. The summed E-state index contributed by atoms with van der Waals surface area (Å²) in [4.78, 5) is 38.7. The van der Waals surface area contributed by atoms with Gasteiger partial charge in [0.1, 0.15) is 12.3 Å². The molecule has 0 saturated carbocycles. The summed E-state index contributed by atoms with van der Waals surface area (Å²) in [6.45, 7) is 5.42. The molecule has 0 saturated heterocycles. The second-order valence-corrected chi connectivity index (χ2v) is 7.43. The smallest absolute Gasteiger partial charge is 0.268 e. The monoisotopic (exact) mass is 395 g/mol. The number of anilines is 3.